The zero-order valence-electron chi connectivity index (χ0n) is 21.2. The van der Waals surface area contributed by atoms with Crippen LogP contribution in [0.5, 0.6) is 0 Å². The average Bonchev–Trinajstić information content (AvgIpc) is 3.79. The third kappa shape index (κ3) is 4.66. The van der Waals surface area contributed by atoms with Crippen LogP contribution >= 0.6 is 0 Å². The van der Waals surface area contributed by atoms with Crippen molar-refractivity contribution in [3.63, 3.8) is 0 Å². The van der Waals surface area contributed by atoms with Gasteiger partial charge < -0.3 is 15.0 Å². The first kappa shape index (κ1) is 25.9. The van der Waals surface area contributed by atoms with Gasteiger partial charge in [0.2, 0.25) is 0 Å². The fourth-order valence-corrected chi connectivity index (χ4v) is 5.22. The summed E-state index contributed by atoms with van der Waals surface area (Å²) in [5.41, 5.74) is 0.926. The molecule has 0 bridgehead atoms. The lowest BCUT2D eigenvalue weighted by Crippen LogP contribution is -2.42. The predicted molar refractivity (Wildman–Crippen MR) is 138 cm³/mol. The van der Waals surface area contributed by atoms with E-state index in [1.165, 1.54) is 29.3 Å². The molecule has 8 nitrogen and oxygen atoms in total. The van der Waals surface area contributed by atoms with Gasteiger partial charge in [-0.2, -0.15) is 13.2 Å². The van der Waals surface area contributed by atoms with E-state index in [4.69, 9.17) is 4.98 Å². The van der Waals surface area contributed by atoms with Gasteiger partial charge in [-0.1, -0.05) is 30.3 Å². The van der Waals surface area contributed by atoms with Crippen LogP contribution in [0.1, 0.15) is 52.8 Å². The molecule has 0 radical (unpaired) electrons. The standard InChI is InChI=1S/C29H24F3N5O3/c30-29(31,32)23-15-17(6-12-34-23)22-14-18(7-11-33-22)24(38)26(40)37-13-8-21-20(16-37)25(39)36-27(35-21)28(9-10-28)19-4-2-1-3-5-19/h1-7,11-12,14-15,24,38H,8-10,13,16H2,(H,35,36,39). The number of H-pyrrole nitrogens is 1. The second kappa shape index (κ2) is 9.67. The summed E-state index contributed by atoms with van der Waals surface area (Å²) in [4.78, 5) is 42.9. The molecule has 1 atom stereocenters. The Morgan fingerprint density at radius 2 is 1.80 bits per heavy atom. The van der Waals surface area contributed by atoms with E-state index >= 15 is 0 Å². The van der Waals surface area contributed by atoms with Crippen LogP contribution in [0.4, 0.5) is 13.2 Å². The lowest BCUT2D eigenvalue weighted by Gasteiger charge is -2.30. The zero-order valence-corrected chi connectivity index (χ0v) is 21.2. The Morgan fingerprint density at radius 1 is 1.05 bits per heavy atom. The number of carbonyl (C=O) groups excluding carboxylic acids is 1. The van der Waals surface area contributed by atoms with E-state index in [9.17, 15) is 27.9 Å². The maximum atomic E-state index is 13.2. The molecule has 1 unspecified atom stereocenters. The first-order valence-electron chi connectivity index (χ1n) is 12.8. The van der Waals surface area contributed by atoms with Crippen molar-refractivity contribution in [2.45, 2.75) is 43.5 Å². The maximum absolute atomic E-state index is 13.2. The van der Waals surface area contributed by atoms with Crippen molar-refractivity contribution >= 4 is 5.91 Å². The molecule has 1 aromatic carbocycles. The summed E-state index contributed by atoms with van der Waals surface area (Å²) in [6, 6.07) is 15.0. The van der Waals surface area contributed by atoms with Crippen molar-refractivity contribution in [3.05, 3.63) is 111 Å². The summed E-state index contributed by atoms with van der Waals surface area (Å²) in [5.74, 6) is 0.0105. The highest BCUT2D eigenvalue weighted by Crippen LogP contribution is 2.52. The molecule has 1 saturated carbocycles. The lowest BCUT2D eigenvalue weighted by molar-refractivity contribution is -0.142. The number of alkyl halides is 3. The molecule has 2 aliphatic rings. The SMILES string of the molecule is O=C(C(O)c1ccnc(-c2ccnc(C(F)(F)F)c2)c1)N1CCc2nc(C3(c4ccccc4)CC3)[nH]c(=O)c2C1. The molecule has 11 heteroatoms. The number of carbonyl (C=O) groups is 1. The molecule has 4 aromatic rings. The van der Waals surface area contributed by atoms with Crippen molar-refractivity contribution in [2.24, 2.45) is 0 Å². The van der Waals surface area contributed by atoms with Crippen molar-refractivity contribution in [1.82, 2.24) is 24.8 Å². The second-order valence-electron chi connectivity index (χ2n) is 10.1. The molecule has 1 aliphatic carbocycles. The number of hydrogen-bond acceptors (Lipinski definition) is 6. The number of aromatic amines is 1. The fraction of sp³-hybridized carbons (Fsp3) is 0.276. The van der Waals surface area contributed by atoms with Crippen LogP contribution in [-0.2, 0) is 29.4 Å². The molecule has 1 amide bonds. The molecule has 4 heterocycles. The number of aliphatic hydroxyl groups is 1. The summed E-state index contributed by atoms with van der Waals surface area (Å²) in [7, 11) is 0. The molecule has 1 aliphatic heterocycles. The summed E-state index contributed by atoms with van der Waals surface area (Å²) in [6.07, 6.45) is -1.73. The van der Waals surface area contributed by atoms with Gasteiger partial charge >= 0.3 is 6.18 Å². The second-order valence-corrected chi connectivity index (χ2v) is 10.1. The van der Waals surface area contributed by atoms with Crippen LogP contribution in [0.3, 0.4) is 0 Å². The van der Waals surface area contributed by atoms with Crippen LogP contribution in [-0.4, -0.2) is 42.4 Å². The van der Waals surface area contributed by atoms with Gasteiger partial charge in [0.15, 0.2) is 6.10 Å². The number of fused-ring (bicyclic) bond motifs is 1. The highest BCUT2D eigenvalue weighted by molar-refractivity contribution is 5.82. The van der Waals surface area contributed by atoms with Crippen LogP contribution in [0.15, 0.2) is 71.8 Å². The molecule has 0 saturated heterocycles. The topological polar surface area (TPSA) is 112 Å². The summed E-state index contributed by atoms with van der Waals surface area (Å²) >= 11 is 0. The minimum atomic E-state index is -4.62. The molecule has 1 fully saturated rings. The van der Waals surface area contributed by atoms with Crippen molar-refractivity contribution in [3.8, 4) is 11.3 Å². The minimum absolute atomic E-state index is 0.0105. The van der Waals surface area contributed by atoms with Gasteiger partial charge in [-0.25, -0.2) is 4.98 Å². The van der Waals surface area contributed by atoms with E-state index < -0.39 is 23.9 Å². The molecule has 2 N–H and O–H groups in total. The number of aromatic nitrogens is 4. The van der Waals surface area contributed by atoms with E-state index in [1.54, 1.807) is 0 Å². The van der Waals surface area contributed by atoms with Gasteiger partial charge in [0.25, 0.3) is 11.5 Å². The highest BCUT2D eigenvalue weighted by atomic mass is 19.4. The normalized spacial score (nSPS) is 16.8. The number of rotatable bonds is 5. The third-order valence-electron chi connectivity index (χ3n) is 7.59. The number of nitrogens with one attached hydrogen (secondary N) is 1. The molecular formula is C29H24F3N5O3. The third-order valence-corrected chi connectivity index (χ3v) is 7.59. The van der Waals surface area contributed by atoms with Crippen LogP contribution < -0.4 is 5.56 Å². The molecule has 40 heavy (non-hydrogen) atoms. The smallest absolute Gasteiger partial charge is 0.378 e. The molecule has 3 aromatic heterocycles. The highest BCUT2D eigenvalue weighted by Gasteiger charge is 2.48. The average molecular weight is 548 g/mol. The van der Waals surface area contributed by atoms with Crippen molar-refractivity contribution < 1.29 is 23.1 Å². The first-order chi connectivity index (χ1) is 19.2. The van der Waals surface area contributed by atoms with Gasteiger partial charge in [0.1, 0.15) is 11.5 Å². The van der Waals surface area contributed by atoms with Gasteiger partial charge in [-0.05, 0) is 48.2 Å². The number of hydrogen-bond donors (Lipinski definition) is 2. The number of benzene rings is 1. The van der Waals surface area contributed by atoms with E-state index in [0.29, 0.717) is 23.5 Å². The Bertz CT molecular complexity index is 1650. The minimum Gasteiger partial charge on any atom is -0.378 e. The van der Waals surface area contributed by atoms with Crippen LogP contribution in [0, 0.1) is 0 Å². The summed E-state index contributed by atoms with van der Waals surface area (Å²) < 4.78 is 39.3. The Hall–Kier alpha value is -4.38. The van der Waals surface area contributed by atoms with E-state index in [-0.39, 0.29) is 40.9 Å². The largest absolute Gasteiger partial charge is 0.433 e. The Morgan fingerprint density at radius 3 is 2.52 bits per heavy atom. The molecule has 204 valence electrons. The van der Waals surface area contributed by atoms with Crippen molar-refractivity contribution in [2.75, 3.05) is 6.54 Å². The Labute approximate surface area is 226 Å². The lowest BCUT2D eigenvalue weighted by atomic mass is 9.94. The maximum Gasteiger partial charge on any atom is 0.433 e. The monoisotopic (exact) mass is 547 g/mol. The van der Waals surface area contributed by atoms with Gasteiger partial charge in [-0.15, -0.1) is 0 Å². The van der Waals surface area contributed by atoms with Gasteiger partial charge in [0, 0.05) is 30.9 Å². The number of nitrogens with zero attached hydrogens (tertiary/aromatic N) is 4. The molecule has 6 rings (SSSR count). The number of aliphatic hydroxyl groups excluding tert-OH is 1. The zero-order chi connectivity index (χ0) is 28.1. The number of halogens is 3. The number of pyridine rings is 2. The van der Waals surface area contributed by atoms with E-state index in [2.05, 4.69) is 15.0 Å². The first-order valence-corrected chi connectivity index (χ1v) is 12.8. The van der Waals surface area contributed by atoms with Crippen molar-refractivity contribution in [1.29, 1.82) is 0 Å². The number of amides is 1. The van der Waals surface area contributed by atoms with Gasteiger partial charge in [0.05, 0.1) is 28.9 Å². The van der Waals surface area contributed by atoms with E-state index in [0.717, 1.165) is 30.7 Å². The van der Waals surface area contributed by atoms with E-state index in [1.807, 2.05) is 30.3 Å². The summed E-state index contributed by atoms with van der Waals surface area (Å²) in [5, 5.41) is 10.9. The van der Waals surface area contributed by atoms with Crippen LogP contribution in [0.25, 0.3) is 11.3 Å². The molecular weight excluding hydrogens is 523 g/mol. The summed E-state index contributed by atoms with van der Waals surface area (Å²) in [6.45, 7) is 0.248. The quantitative estimate of drug-likeness (QED) is 0.392. The van der Waals surface area contributed by atoms with Crippen LogP contribution in [0.2, 0.25) is 0 Å². The Balaban J connectivity index is 1.22. The Kier molecular flexibility index (Phi) is 6.25. The fourth-order valence-electron chi connectivity index (χ4n) is 5.22. The molecule has 0 spiro atoms. The van der Waals surface area contributed by atoms with Gasteiger partial charge in [-0.3, -0.25) is 19.6 Å². The predicted octanol–water partition coefficient (Wildman–Crippen LogP) is 3.94.